The Morgan fingerprint density at radius 2 is 1.89 bits per heavy atom. The van der Waals surface area contributed by atoms with Crippen molar-refractivity contribution in [3.05, 3.63) is 36.2 Å². The number of nitrogens with one attached hydrogen (secondary N) is 1. The topological polar surface area (TPSA) is 64.0 Å². The molecule has 6 heteroatoms. The molecule has 0 spiro atoms. The van der Waals surface area contributed by atoms with Crippen LogP contribution < -0.4 is 5.32 Å². The minimum absolute atomic E-state index is 0.319. The summed E-state index contributed by atoms with van der Waals surface area (Å²) in [7, 11) is -1.27. The number of rotatable bonds is 4. The van der Waals surface area contributed by atoms with Crippen molar-refractivity contribution in [1.82, 2.24) is 9.78 Å². The maximum atomic E-state index is 11.4. The van der Waals surface area contributed by atoms with E-state index in [1.54, 1.807) is 28.9 Å². The molecule has 2 aromatic rings. The Morgan fingerprint density at radius 1 is 1.26 bits per heavy atom. The second-order valence-corrected chi connectivity index (χ2v) is 6.45. The van der Waals surface area contributed by atoms with Crippen LogP contribution >= 0.6 is 0 Å². The summed E-state index contributed by atoms with van der Waals surface area (Å²) in [5.41, 5.74) is 2.77. The third-order valence-electron chi connectivity index (χ3n) is 2.80. The highest BCUT2D eigenvalue weighted by Gasteiger charge is 2.08. The molecular weight excluding hydrogens is 262 g/mol. The van der Waals surface area contributed by atoms with Gasteiger partial charge in [-0.1, -0.05) is 6.92 Å². The van der Waals surface area contributed by atoms with Crippen LogP contribution in [-0.2, 0) is 23.3 Å². The molecule has 0 atom stereocenters. The van der Waals surface area contributed by atoms with Crippen molar-refractivity contribution in [1.29, 1.82) is 0 Å². The highest BCUT2D eigenvalue weighted by atomic mass is 32.2. The van der Waals surface area contributed by atoms with Crippen LogP contribution in [0.4, 0.5) is 11.4 Å². The highest BCUT2D eigenvalue weighted by molar-refractivity contribution is 7.90. The van der Waals surface area contributed by atoms with Gasteiger partial charge >= 0.3 is 0 Å². The van der Waals surface area contributed by atoms with E-state index in [1.165, 1.54) is 6.26 Å². The van der Waals surface area contributed by atoms with Crippen LogP contribution in [-0.4, -0.2) is 24.5 Å². The van der Waals surface area contributed by atoms with Crippen molar-refractivity contribution in [3.63, 3.8) is 0 Å². The standard InChI is InChI=1S/C13H17N3O2S/c1-4-12-13(9-16(2)15-12)14-10-5-7-11(8-6-10)19(3,17)18/h5-9,14H,4H2,1-3H3. The molecule has 19 heavy (non-hydrogen) atoms. The number of sulfone groups is 1. The second kappa shape index (κ2) is 5.05. The van der Waals surface area contributed by atoms with Crippen LogP contribution in [0.3, 0.4) is 0 Å². The summed E-state index contributed by atoms with van der Waals surface area (Å²) >= 11 is 0. The molecule has 0 saturated heterocycles. The van der Waals surface area contributed by atoms with Gasteiger partial charge in [0.2, 0.25) is 0 Å². The zero-order chi connectivity index (χ0) is 14.0. The number of nitrogens with zero attached hydrogens (tertiary/aromatic N) is 2. The van der Waals surface area contributed by atoms with Crippen molar-refractivity contribution in [2.75, 3.05) is 11.6 Å². The molecule has 0 saturated carbocycles. The number of hydrogen-bond donors (Lipinski definition) is 1. The highest BCUT2D eigenvalue weighted by Crippen LogP contribution is 2.21. The van der Waals surface area contributed by atoms with Crippen molar-refractivity contribution in [2.24, 2.45) is 7.05 Å². The van der Waals surface area contributed by atoms with E-state index in [-0.39, 0.29) is 0 Å². The Morgan fingerprint density at radius 3 is 2.42 bits per heavy atom. The van der Waals surface area contributed by atoms with Gasteiger partial charge < -0.3 is 5.32 Å². The second-order valence-electron chi connectivity index (χ2n) is 4.44. The quantitative estimate of drug-likeness (QED) is 0.931. The minimum Gasteiger partial charge on any atom is -0.353 e. The Labute approximate surface area is 113 Å². The van der Waals surface area contributed by atoms with Crippen LogP contribution in [0.2, 0.25) is 0 Å². The van der Waals surface area contributed by atoms with Gasteiger partial charge in [-0.3, -0.25) is 4.68 Å². The lowest BCUT2D eigenvalue weighted by atomic mass is 10.2. The lowest BCUT2D eigenvalue weighted by molar-refractivity contribution is 0.602. The fourth-order valence-electron chi connectivity index (χ4n) is 1.84. The van der Waals surface area contributed by atoms with E-state index in [9.17, 15) is 8.42 Å². The van der Waals surface area contributed by atoms with Gasteiger partial charge in [0.15, 0.2) is 9.84 Å². The fraction of sp³-hybridized carbons (Fsp3) is 0.308. The third-order valence-corrected chi connectivity index (χ3v) is 3.93. The Hall–Kier alpha value is -1.82. The number of hydrogen-bond acceptors (Lipinski definition) is 4. The molecule has 0 amide bonds. The van der Waals surface area contributed by atoms with Gasteiger partial charge in [-0.25, -0.2) is 8.42 Å². The number of anilines is 2. The summed E-state index contributed by atoms with van der Waals surface area (Å²) in [5.74, 6) is 0. The van der Waals surface area contributed by atoms with E-state index in [1.807, 2.05) is 20.2 Å². The summed E-state index contributed by atoms with van der Waals surface area (Å²) in [6.07, 6.45) is 3.94. The molecule has 0 aliphatic heterocycles. The Bertz CT molecular complexity index is 672. The van der Waals surface area contributed by atoms with Gasteiger partial charge in [-0.2, -0.15) is 5.10 Å². The van der Waals surface area contributed by atoms with Gasteiger partial charge in [0.1, 0.15) is 0 Å². The van der Waals surface area contributed by atoms with Gasteiger partial charge in [0.25, 0.3) is 0 Å². The van der Waals surface area contributed by atoms with Crippen LogP contribution in [0.25, 0.3) is 0 Å². The first-order valence-electron chi connectivity index (χ1n) is 6.00. The van der Waals surface area contributed by atoms with Gasteiger partial charge in [-0.15, -0.1) is 0 Å². The summed E-state index contributed by atoms with van der Waals surface area (Å²) in [6, 6.07) is 6.70. The predicted octanol–water partition coefficient (Wildman–Crippen LogP) is 2.13. The zero-order valence-electron chi connectivity index (χ0n) is 11.2. The molecule has 0 aliphatic rings. The summed E-state index contributed by atoms with van der Waals surface area (Å²) in [4.78, 5) is 0.319. The van der Waals surface area contributed by atoms with E-state index in [4.69, 9.17) is 0 Å². The summed E-state index contributed by atoms with van der Waals surface area (Å²) < 4.78 is 24.5. The third kappa shape index (κ3) is 3.14. The zero-order valence-corrected chi connectivity index (χ0v) is 12.0. The monoisotopic (exact) mass is 279 g/mol. The van der Waals surface area contributed by atoms with E-state index in [2.05, 4.69) is 10.4 Å². The molecular formula is C13H17N3O2S. The Kier molecular flexibility index (Phi) is 3.61. The molecule has 1 aromatic heterocycles. The molecule has 0 aliphatic carbocycles. The van der Waals surface area contributed by atoms with Gasteiger partial charge in [-0.05, 0) is 30.7 Å². The van der Waals surface area contributed by atoms with E-state index >= 15 is 0 Å². The minimum atomic E-state index is -3.15. The first-order valence-corrected chi connectivity index (χ1v) is 7.89. The van der Waals surface area contributed by atoms with Crippen LogP contribution in [0.15, 0.2) is 35.4 Å². The van der Waals surface area contributed by atoms with Crippen molar-refractivity contribution >= 4 is 21.2 Å². The SMILES string of the molecule is CCc1nn(C)cc1Nc1ccc(S(C)(=O)=O)cc1. The van der Waals surface area contributed by atoms with Crippen molar-refractivity contribution in [2.45, 2.75) is 18.2 Å². The van der Waals surface area contributed by atoms with Gasteiger partial charge in [0, 0.05) is 25.2 Å². The van der Waals surface area contributed by atoms with Crippen molar-refractivity contribution in [3.8, 4) is 0 Å². The van der Waals surface area contributed by atoms with Gasteiger partial charge in [0.05, 0.1) is 16.3 Å². The molecule has 1 aromatic carbocycles. The lowest BCUT2D eigenvalue weighted by Crippen LogP contribution is -1.97. The van der Waals surface area contributed by atoms with E-state index < -0.39 is 9.84 Å². The molecule has 5 nitrogen and oxygen atoms in total. The number of benzene rings is 1. The molecule has 0 radical (unpaired) electrons. The molecule has 0 unspecified atom stereocenters. The Balaban J connectivity index is 2.24. The van der Waals surface area contributed by atoms with Crippen LogP contribution in [0, 0.1) is 0 Å². The van der Waals surface area contributed by atoms with Crippen LogP contribution in [0.5, 0.6) is 0 Å². The fourth-order valence-corrected chi connectivity index (χ4v) is 2.47. The molecule has 0 bridgehead atoms. The molecule has 0 fully saturated rings. The van der Waals surface area contributed by atoms with E-state index in [0.717, 1.165) is 23.5 Å². The molecule has 2 rings (SSSR count). The average molecular weight is 279 g/mol. The molecule has 102 valence electrons. The molecule has 1 N–H and O–H groups in total. The average Bonchev–Trinajstić information content (AvgIpc) is 2.69. The lowest BCUT2D eigenvalue weighted by Gasteiger charge is -2.06. The first-order chi connectivity index (χ1) is 8.90. The van der Waals surface area contributed by atoms with Crippen molar-refractivity contribution < 1.29 is 8.42 Å². The maximum absolute atomic E-state index is 11.4. The normalized spacial score (nSPS) is 11.5. The van der Waals surface area contributed by atoms with Crippen LogP contribution in [0.1, 0.15) is 12.6 Å². The number of aromatic nitrogens is 2. The smallest absolute Gasteiger partial charge is 0.175 e. The summed E-state index contributed by atoms with van der Waals surface area (Å²) in [5, 5.41) is 7.59. The largest absolute Gasteiger partial charge is 0.353 e. The first kappa shape index (κ1) is 13.6. The maximum Gasteiger partial charge on any atom is 0.175 e. The summed E-state index contributed by atoms with van der Waals surface area (Å²) in [6.45, 7) is 2.04. The molecule has 1 heterocycles. The predicted molar refractivity (Wildman–Crippen MR) is 75.4 cm³/mol. The van der Waals surface area contributed by atoms with E-state index in [0.29, 0.717) is 4.90 Å². The number of aryl methyl sites for hydroxylation is 2.